The summed E-state index contributed by atoms with van der Waals surface area (Å²) in [6.45, 7) is 9.10. The fraction of sp³-hybridized carbons (Fsp3) is 0.774. The van der Waals surface area contributed by atoms with Gasteiger partial charge in [0.25, 0.3) is 0 Å². The minimum Gasteiger partial charge on any atom is -0.393 e. The van der Waals surface area contributed by atoms with E-state index in [9.17, 15) is 10.4 Å². The smallest absolute Gasteiger partial charge is 0.220 e. The van der Waals surface area contributed by atoms with E-state index in [2.05, 4.69) is 66.2 Å². The molecule has 0 bridgehead atoms. The molecule has 8 heteroatoms. The number of allylic oxidation sites excluding steroid dienone is 2. The van der Waals surface area contributed by atoms with E-state index in [0.29, 0.717) is 43.0 Å². The second kappa shape index (κ2) is 14.2. The first-order valence-electron chi connectivity index (χ1n) is 15.2. The highest BCUT2D eigenvalue weighted by Crippen LogP contribution is 2.45. The van der Waals surface area contributed by atoms with Crippen LogP contribution < -0.4 is 16.0 Å². The van der Waals surface area contributed by atoms with Gasteiger partial charge in [-0.15, -0.1) is 11.8 Å². The molecular formula is C31H50N6OS. The van der Waals surface area contributed by atoms with Gasteiger partial charge >= 0.3 is 0 Å². The first kappa shape index (κ1) is 30.1. The van der Waals surface area contributed by atoms with E-state index < -0.39 is 0 Å². The summed E-state index contributed by atoms with van der Waals surface area (Å²) in [4.78, 5) is 10.7. The van der Waals surface area contributed by atoms with Gasteiger partial charge in [-0.25, -0.2) is 4.99 Å². The number of hydrogen-bond donors (Lipinski definition) is 4. The molecule has 0 saturated heterocycles. The molecule has 0 radical (unpaired) electrons. The summed E-state index contributed by atoms with van der Waals surface area (Å²) < 4.78 is 0. The molecule has 2 fully saturated rings. The van der Waals surface area contributed by atoms with Crippen molar-refractivity contribution < 1.29 is 5.11 Å². The molecule has 1 aliphatic heterocycles. The Morgan fingerprint density at radius 1 is 1.18 bits per heavy atom. The summed E-state index contributed by atoms with van der Waals surface area (Å²) in [5.74, 6) is 2.38. The van der Waals surface area contributed by atoms with Crippen LogP contribution in [0.4, 0.5) is 0 Å². The van der Waals surface area contributed by atoms with E-state index in [1.54, 1.807) is 11.8 Å². The van der Waals surface area contributed by atoms with Crippen molar-refractivity contribution in [3.05, 3.63) is 22.6 Å². The van der Waals surface area contributed by atoms with Gasteiger partial charge in [-0.05, 0) is 100 Å². The van der Waals surface area contributed by atoms with E-state index in [1.807, 2.05) is 0 Å². The van der Waals surface area contributed by atoms with Crippen molar-refractivity contribution in [3.63, 3.8) is 0 Å². The summed E-state index contributed by atoms with van der Waals surface area (Å²) in [5, 5.41) is 30.8. The summed E-state index contributed by atoms with van der Waals surface area (Å²) in [5.41, 5.74) is 1.50. The molecule has 5 atom stereocenters. The first-order valence-corrected chi connectivity index (χ1v) is 16.4. The highest BCUT2D eigenvalue weighted by atomic mass is 32.2. The summed E-state index contributed by atoms with van der Waals surface area (Å²) >= 11 is 1.79. The van der Waals surface area contributed by atoms with Crippen LogP contribution in [0, 0.1) is 34.5 Å². The van der Waals surface area contributed by atoms with Crippen LogP contribution in [0.3, 0.4) is 0 Å². The van der Waals surface area contributed by atoms with Gasteiger partial charge in [0.2, 0.25) is 5.96 Å². The van der Waals surface area contributed by atoms with Gasteiger partial charge in [0.1, 0.15) is 11.8 Å². The Bertz CT molecular complexity index is 992. The molecule has 216 valence electrons. The lowest BCUT2D eigenvalue weighted by Gasteiger charge is -2.46. The fourth-order valence-corrected chi connectivity index (χ4v) is 7.84. The summed E-state index contributed by atoms with van der Waals surface area (Å²) in [6, 6.07) is 3.41. The maximum absolute atomic E-state index is 9.89. The Kier molecular flexibility index (Phi) is 11.0. The number of rotatable bonds is 9. The number of thioether (sulfide) groups is 1. The van der Waals surface area contributed by atoms with Crippen LogP contribution in [0.15, 0.2) is 32.6 Å². The number of nitrogens with one attached hydrogen (secondary N) is 3. The molecule has 0 amide bonds. The largest absolute Gasteiger partial charge is 0.393 e. The minimum atomic E-state index is -0.320. The van der Waals surface area contributed by atoms with Gasteiger partial charge in [-0.1, -0.05) is 26.0 Å². The lowest BCUT2D eigenvalue weighted by atomic mass is 9.63. The van der Waals surface area contributed by atoms with Gasteiger partial charge in [0.15, 0.2) is 0 Å². The zero-order valence-corrected chi connectivity index (χ0v) is 25.3. The molecular weight excluding hydrogens is 504 g/mol. The maximum atomic E-state index is 9.89. The van der Waals surface area contributed by atoms with Crippen LogP contribution in [-0.2, 0) is 0 Å². The Morgan fingerprint density at radius 3 is 2.67 bits per heavy atom. The zero-order chi connectivity index (χ0) is 27.8. The topological polar surface area (TPSA) is 105 Å². The molecule has 2 saturated carbocycles. The van der Waals surface area contributed by atoms with Crippen molar-refractivity contribution >= 4 is 23.6 Å². The molecule has 39 heavy (non-hydrogen) atoms. The van der Waals surface area contributed by atoms with Gasteiger partial charge < -0.3 is 21.1 Å². The third-order valence-corrected chi connectivity index (χ3v) is 10.3. The number of aliphatic hydroxyl groups excluding tert-OH is 1. The van der Waals surface area contributed by atoms with Crippen molar-refractivity contribution in [1.29, 1.82) is 5.26 Å². The van der Waals surface area contributed by atoms with Gasteiger partial charge in [0, 0.05) is 30.1 Å². The Morgan fingerprint density at radius 2 is 1.95 bits per heavy atom. The maximum Gasteiger partial charge on any atom is 0.220 e. The van der Waals surface area contributed by atoms with E-state index in [0.717, 1.165) is 57.3 Å². The SMILES string of the molecule is CC[C@]1(CNC2=NC(NCC3=CCCC=C3SC)=NCC2C#N)CC(C)C[C@H]([C@@H](C)N[C@H]2CC[C@@H](O)CC2)C1. The average Bonchev–Trinajstić information content (AvgIpc) is 2.96. The molecule has 0 spiro atoms. The zero-order valence-electron chi connectivity index (χ0n) is 24.5. The highest BCUT2D eigenvalue weighted by Gasteiger charge is 2.40. The molecule has 1 heterocycles. The normalized spacial score (nSPS) is 34.1. The second-order valence-electron chi connectivity index (χ2n) is 12.5. The van der Waals surface area contributed by atoms with Crippen molar-refractivity contribution in [2.24, 2.45) is 33.2 Å². The van der Waals surface area contributed by atoms with E-state index >= 15 is 0 Å². The molecule has 3 aliphatic carbocycles. The lowest BCUT2D eigenvalue weighted by Crippen LogP contribution is -2.50. The second-order valence-corrected chi connectivity index (χ2v) is 13.3. The van der Waals surface area contributed by atoms with Gasteiger partial charge in [-0.3, -0.25) is 0 Å². The Balaban J connectivity index is 1.37. The number of nitriles is 1. The summed E-state index contributed by atoms with van der Waals surface area (Å²) in [7, 11) is 0. The molecule has 4 aliphatic rings. The number of guanidine groups is 1. The predicted molar refractivity (Wildman–Crippen MR) is 164 cm³/mol. The number of aliphatic hydroxyl groups is 1. The monoisotopic (exact) mass is 554 g/mol. The van der Waals surface area contributed by atoms with Crippen LogP contribution in [0.25, 0.3) is 0 Å². The van der Waals surface area contributed by atoms with Crippen molar-refractivity contribution in [2.45, 2.75) is 103 Å². The van der Waals surface area contributed by atoms with Crippen molar-refractivity contribution in [3.8, 4) is 6.07 Å². The summed E-state index contributed by atoms with van der Waals surface area (Å²) in [6.07, 6.45) is 17.6. The standard InChI is InChI=1S/C31H50N6OS/c1-5-31(15-21(2)14-24(16-31)22(3)36-26-10-12-27(38)13-11-26)20-35-29-25(17-32)19-34-30(37-29)33-18-23-8-6-7-9-28(23)39-4/h8-9,21-22,24-27,36,38H,5-7,10-16,18-20H2,1-4H3,(H2,33,34,35,37)/t21?,22-,24+,25?,26-,27+,31+/m1/s1. The average molecular weight is 555 g/mol. The molecule has 0 aromatic heterocycles. The highest BCUT2D eigenvalue weighted by molar-refractivity contribution is 8.02. The Labute approximate surface area is 240 Å². The third-order valence-electron chi connectivity index (χ3n) is 9.48. The van der Waals surface area contributed by atoms with Crippen LogP contribution in [0.5, 0.6) is 0 Å². The molecule has 4 N–H and O–H groups in total. The van der Waals surface area contributed by atoms with Crippen LogP contribution in [0.2, 0.25) is 0 Å². The van der Waals surface area contributed by atoms with E-state index in [4.69, 9.17) is 4.99 Å². The van der Waals surface area contributed by atoms with Crippen LogP contribution in [0.1, 0.15) is 85.0 Å². The lowest BCUT2D eigenvalue weighted by molar-refractivity contribution is 0.0688. The minimum absolute atomic E-state index is 0.110. The predicted octanol–water partition coefficient (Wildman–Crippen LogP) is 5.15. The molecule has 4 rings (SSSR count). The number of amidine groups is 1. The number of aliphatic imine (C=N–C) groups is 2. The van der Waals surface area contributed by atoms with Crippen molar-refractivity contribution in [2.75, 3.05) is 25.9 Å². The molecule has 0 aromatic carbocycles. The molecule has 7 nitrogen and oxygen atoms in total. The first-order chi connectivity index (χ1) is 18.8. The molecule has 0 aromatic rings. The Hall–Kier alpha value is -1.82. The van der Waals surface area contributed by atoms with Crippen LogP contribution >= 0.6 is 11.8 Å². The third kappa shape index (κ3) is 8.11. The van der Waals surface area contributed by atoms with E-state index in [1.165, 1.54) is 29.7 Å². The number of nitrogens with zero attached hydrogens (tertiary/aromatic N) is 3. The number of hydrogen-bond acceptors (Lipinski definition) is 8. The fourth-order valence-electron chi connectivity index (χ4n) is 7.13. The van der Waals surface area contributed by atoms with Gasteiger partial charge in [-0.2, -0.15) is 10.3 Å². The van der Waals surface area contributed by atoms with E-state index in [-0.39, 0.29) is 17.4 Å². The molecule has 2 unspecified atom stereocenters. The van der Waals surface area contributed by atoms with Gasteiger partial charge in [0.05, 0.1) is 18.7 Å². The van der Waals surface area contributed by atoms with Crippen LogP contribution in [-0.4, -0.2) is 61.0 Å². The quantitative estimate of drug-likeness (QED) is 0.314. The van der Waals surface area contributed by atoms with Crippen molar-refractivity contribution in [1.82, 2.24) is 16.0 Å².